The third-order valence-electron chi connectivity index (χ3n) is 1.62. The molecule has 0 saturated carbocycles. The molecule has 0 aliphatic rings. The zero-order chi connectivity index (χ0) is 10.6. The molecule has 0 amide bonds. The molecule has 0 aliphatic carbocycles. The van der Waals surface area contributed by atoms with Crippen LogP contribution in [0.25, 0.3) is 0 Å². The minimum absolute atomic E-state index is 0.400. The number of aliphatic hydroxyl groups is 1. The third-order valence-corrected chi connectivity index (χ3v) is 2.43. The molecule has 1 nitrogen and oxygen atoms in total. The molecule has 0 aliphatic heterocycles. The topological polar surface area (TPSA) is 20.2 Å². The first-order chi connectivity index (χ1) is 5.78. The normalized spacial score (nSPS) is 11.8. The van der Waals surface area contributed by atoms with Crippen LogP contribution in [0.3, 0.4) is 0 Å². The number of hydrogen-bond donors (Lipinski definition) is 1. The van der Waals surface area contributed by atoms with Crippen molar-refractivity contribution >= 4 is 23.2 Å². The van der Waals surface area contributed by atoms with Crippen LogP contribution in [0, 0.1) is 0 Å². The minimum Gasteiger partial charge on any atom is -0.386 e. The van der Waals surface area contributed by atoms with E-state index in [2.05, 4.69) is 13.2 Å². The largest absolute Gasteiger partial charge is 0.386 e. The molecule has 0 aromatic heterocycles. The Morgan fingerprint density at radius 1 is 1.23 bits per heavy atom. The maximum absolute atomic E-state index is 10.0. The van der Waals surface area contributed by atoms with Crippen molar-refractivity contribution in [2.24, 2.45) is 0 Å². The summed E-state index contributed by atoms with van der Waals surface area (Å²) in [6, 6.07) is 0. The van der Waals surface area contributed by atoms with E-state index >= 15 is 0 Å². The maximum Gasteiger partial charge on any atom is 0.137 e. The fourth-order valence-corrected chi connectivity index (χ4v) is 1.57. The van der Waals surface area contributed by atoms with Gasteiger partial charge in [-0.2, -0.15) is 0 Å². The molecule has 0 spiro atoms. The summed E-state index contributed by atoms with van der Waals surface area (Å²) in [4.78, 5) is -0.819. The van der Waals surface area contributed by atoms with E-state index < -0.39 is 10.4 Å². The van der Waals surface area contributed by atoms with Crippen molar-refractivity contribution < 1.29 is 5.11 Å². The molecular weight excluding hydrogens is 207 g/mol. The molecule has 13 heavy (non-hydrogen) atoms. The Balaban J connectivity index is 4.52. The van der Waals surface area contributed by atoms with Gasteiger partial charge in [-0.15, -0.1) is 36.4 Å². The summed E-state index contributed by atoms with van der Waals surface area (Å²) in [6.45, 7) is 11.1. The molecule has 0 aromatic rings. The second kappa shape index (κ2) is 5.04. The Morgan fingerprint density at radius 2 is 1.54 bits per heavy atom. The van der Waals surface area contributed by atoms with Crippen molar-refractivity contribution in [1.29, 1.82) is 0 Å². The van der Waals surface area contributed by atoms with E-state index in [1.165, 1.54) is 0 Å². The van der Waals surface area contributed by atoms with Gasteiger partial charge >= 0.3 is 0 Å². The lowest BCUT2D eigenvalue weighted by atomic mass is 9.91. The molecule has 76 valence electrons. The summed E-state index contributed by atoms with van der Waals surface area (Å²) in [5, 5.41) is 10.0. The van der Waals surface area contributed by atoms with Crippen LogP contribution in [0.5, 0.6) is 0 Å². The summed E-state index contributed by atoms with van der Waals surface area (Å²) < 4.78 is 0. The molecule has 0 rings (SSSR count). The smallest absolute Gasteiger partial charge is 0.137 e. The first kappa shape index (κ1) is 13.0. The highest BCUT2D eigenvalue weighted by molar-refractivity contribution is 6.45. The fourth-order valence-electron chi connectivity index (χ4n) is 1.26. The van der Waals surface area contributed by atoms with Crippen LogP contribution in [0.4, 0.5) is 0 Å². The number of rotatable bonds is 5. The van der Waals surface area contributed by atoms with Crippen molar-refractivity contribution in [2.45, 2.75) is 37.1 Å². The Bertz CT molecular complexity index is 193. The molecule has 0 unspecified atom stereocenters. The van der Waals surface area contributed by atoms with Gasteiger partial charge in [0.05, 0.1) is 0 Å². The molecule has 3 heteroatoms. The highest BCUT2D eigenvalue weighted by atomic mass is 35.5. The van der Waals surface area contributed by atoms with E-state index in [1.54, 1.807) is 0 Å². The van der Waals surface area contributed by atoms with Crippen LogP contribution in [0.15, 0.2) is 24.3 Å². The van der Waals surface area contributed by atoms with Crippen molar-refractivity contribution in [3.05, 3.63) is 24.3 Å². The van der Waals surface area contributed by atoms with Crippen LogP contribution < -0.4 is 0 Å². The molecule has 0 saturated heterocycles. The van der Waals surface area contributed by atoms with Gasteiger partial charge in [0, 0.05) is 0 Å². The van der Waals surface area contributed by atoms with E-state index in [0.29, 0.717) is 12.8 Å². The minimum atomic E-state index is -1.12. The first-order valence-corrected chi connectivity index (χ1v) is 4.94. The van der Waals surface area contributed by atoms with E-state index in [1.807, 2.05) is 13.8 Å². The summed E-state index contributed by atoms with van der Waals surface area (Å²) >= 11 is 11.4. The van der Waals surface area contributed by atoms with Crippen molar-refractivity contribution in [1.82, 2.24) is 0 Å². The highest BCUT2D eigenvalue weighted by Gasteiger charge is 2.34. The average molecular weight is 223 g/mol. The van der Waals surface area contributed by atoms with E-state index in [9.17, 15) is 5.11 Å². The zero-order valence-electron chi connectivity index (χ0n) is 8.11. The van der Waals surface area contributed by atoms with Crippen LogP contribution >= 0.6 is 23.2 Å². The van der Waals surface area contributed by atoms with Gasteiger partial charge in [0.2, 0.25) is 0 Å². The third kappa shape index (κ3) is 4.70. The second-order valence-corrected chi connectivity index (χ2v) is 4.77. The number of alkyl halides is 2. The van der Waals surface area contributed by atoms with Gasteiger partial charge < -0.3 is 5.11 Å². The van der Waals surface area contributed by atoms with Crippen LogP contribution in [-0.2, 0) is 0 Å². The van der Waals surface area contributed by atoms with Gasteiger partial charge in [0.1, 0.15) is 10.4 Å². The Kier molecular flexibility index (Phi) is 5.05. The molecule has 0 fully saturated rings. The quantitative estimate of drug-likeness (QED) is 0.559. The first-order valence-electron chi connectivity index (χ1n) is 4.07. The molecule has 0 bridgehead atoms. The van der Waals surface area contributed by atoms with Crippen LogP contribution in [-0.4, -0.2) is 15.5 Å². The monoisotopic (exact) mass is 222 g/mol. The van der Waals surface area contributed by atoms with Gasteiger partial charge in [-0.25, -0.2) is 0 Å². The van der Waals surface area contributed by atoms with Crippen LogP contribution in [0.2, 0.25) is 0 Å². The molecule has 1 N–H and O–H groups in total. The van der Waals surface area contributed by atoms with Crippen molar-refractivity contribution in [3.8, 4) is 0 Å². The van der Waals surface area contributed by atoms with Gasteiger partial charge in [-0.05, 0) is 26.7 Å². The van der Waals surface area contributed by atoms with E-state index in [-0.39, 0.29) is 0 Å². The molecule has 0 heterocycles. The van der Waals surface area contributed by atoms with Gasteiger partial charge in [-0.3, -0.25) is 0 Å². The Labute approximate surface area is 90.0 Å². The molecular formula is C10H16Cl2O. The molecule has 0 atom stereocenters. The predicted octanol–water partition coefficient (Wildman–Crippen LogP) is 3.45. The SMILES string of the molecule is C=C(C)CC(O)(CC(=C)C)C(Cl)Cl. The molecule has 0 aromatic carbocycles. The van der Waals surface area contributed by atoms with Crippen molar-refractivity contribution in [3.63, 3.8) is 0 Å². The average Bonchev–Trinajstić information content (AvgIpc) is 1.82. The fraction of sp³-hybridized carbons (Fsp3) is 0.600. The lowest BCUT2D eigenvalue weighted by Gasteiger charge is -2.29. The summed E-state index contributed by atoms with van der Waals surface area (Å²) in [7, 11) is 0. The van der Waals surface area contributed by atoms with Gasteiger partial charge in [-0.1, -0.05) is 11.1 Å². The van der Waals surface area contributed by atoms with Gasteiger partial charge in [0.15, 0.2) is 0 Å². The zero-order valence-corrected chi connectivity index (χ0v) is 9.62. The van der Waals surface area contributed by atoms with E-state index in [0.717, 1.165) is 11.1 Å². The standard InChI is InChI=1S/C10H16Cl2O/c1-7(2)5-10(13,9(11)12)6-8(3)4/h9,13H,1,3,5-6H2,2,4H3. The van der Waals surface area contributed by atoms with Crippen molar-refractivity contribution in [2.75, 3.05) is 0 Å². The van der Waals surface area contributed by atoms with Crippen LogP contribution in [0.1, 0.15) is 26.7 Å². The lowest BCUT2D eigenvalue weighted by molar-refractivity contribution is 0.0550. The predicted molar refractivity (Wildman–Crippen MR) is 59.3 cm³/mol. The number of halogens is 2. The second-order valence-electron chi connectivity index (χ2n) is 3.67. The molecule has 0 radical (unpaired) electrons. The lowest BCUT2D eigenvalue weighted by Crippen LogP contribution is -2.36. The summed E-state index contributed by atoms with van der Waals surface area (Å²) in [6.07, 6.45) is 0.801. The summed E-state index contributed by atoms with van der Waals surface area (Å²) in [5.41, 5.74) is 0.589. The Morgan fingerprint density at radius 3 is 1.69 bits per heavy atom. The number of hydrogen-bond acceptors (Lipinski definition) is 1. The Hall–Kier alpha value is 0.0200. The highest BCUT2D eigenvalue weighted by Crippen LogP contribution is 2.32. The maximum atomic E-state index is 10.0. The summed E-state index contributed by atoms with van der Waals surface area (Å²) in [5.74, 6) is 0. The van der Waals surface area contributed by atoms with E-state index in [4.69, 9.17) is 23.2 Å². The van der Waals surface area contributed by atoms with Gasteiger partial charge in [0.25, 0.3) is 0 Å².